The third-order valence-electron chi connectivity index (χ3n) is 3.51. The van der Waals surface area contributed by atoms with Gasteiger partial charge in [-0.15, -0.1) is 0 Å². The molecule has 1 N–H and O–H groups in total. The molecule has 1 aromatic carbocycles. The van der Waals surface area contributed by atoms with Gasteiger partial charge in [-0.2, -0.15) is 0 Å². The second-order valence-electron chi connectivity index (χ2n) is 5.09. The molecule has 1 amide bonds. The van der Waals surface area contributed by atoms with Gasteiger partial charge in [0.25, 0.3) is 0 Å². The van der Waals surface area contributed by atoms with E-state index in [0.29, 0.717) is 12.0 Å². The fourth-order valence-corrected chi connectivity index (χ4v) is 2.32. The first kappa shape index (κ1) is 14.7. The number of amides is 1. The molecule has 1 saturated heterocycles. The number of carbonyl (C=O) groups is 2. The zero-order valence-corrected chi connectivity index (χ0v) is 11.6. The average Bonchev–Trinajstić information content (AvgIpc) is 2.52. The van der Waals surface area contributed by atoms with Gasteiger partial charge in [-0.1, -0.05) is 30.3 Å². The smallest absolute Gasteiger partial charge is 0.220 e. The number of rotatable bonds is 6. The highest BCUT2D eigenvalue weighted by molar-refractivity contribution is 5.99. The summed E-state index contributed by atoms with van der Waals surface area (Å²) in [6.45, 7) is 0.868. The maximum Gasteiger partial charge on any atom is 0.220 e. The molecule has 2 rings (SSSR count). The Kier molecular flexibility index (Phi) is 5.74. The van der Waals surface area contributed by atoms with Crippen LogP contribution in [0.3, 0.4) is 0 Å². The molecule has 1 aromatic rings. The Balaban J connectivity index is 1.66. The molecule has 0 saturated carbocycles. The quantitative estimate of drug-likeness (QED) is 0.811. The molecule has 0 spiro atoms. The normalized spacial score (nSPS) is 18.5. The van der Waals surface area contributed by atoms with Crippen molar-refractivity contribution in [1.82, 2.24) is 5.32 Å². The molecule has 0 radical (unpaired) electrons. The topological polar surface area (TPSA) is 55.4 Å². The molecule has 1 aliphatic rings. The molecule has 1 atom stereocenters. The number of Topliss-reactive ketones (excluding diaryl/α,β-unsaturated/α-hetero) is 1. The molecule has 1 unspecified atom stereocenters. The number of ketones is 1. The highest BCUT2D eigenvalue weighted by atomic mass is 16.5. The number of ether oxygens (including phenoxy) is 1. The fraction of sp³-hybridized carbons (Fsp3) is 0.500. The monoisotopic (exact) mass is 275 g/mol. The number of hydrogen-bond acceptors (Lipinski definition) is 3. The second kappa shape index (κ2) is 7.80. The Labute approximate surface area is 119 Å². The van der Waals surface area contributed by atoms with Crippen molar-refractivity contribution in [3.8, 4) is 0 Å². The lowest BCUT2D eigenvalue weighted by molar-refractivity contribution is -0.121. The lowest BCUT2D eigenvalue weighted by Crippen LogP contribution is -2.30. The minimum Gasteiger partial charge on any atom is -0.378 e. The highest BCUT2D eigenvalue weighted by Gasteiger charge is 2.15. The lowest BCUT2D eigenvalue weighted by Gasteiger charge is -2.22. The molecule has 4 heteroatoms. The molecule has 0 aliphatic carbocycles. The SMILES string of the molecule is O=C(CCC1CCCCO1)NCC(=O)c1ccccc1. The molecule has 108 valence electrons. The minimum atomic E-state index is -0.0801. The Bertz CT molecular complexity index is 438. The average molecular weight is 275 g/mol. The third kappa shape index (κ3) is 4.78. The Morgan fingerprint density at radius 1 is 1.20 bits per heavy atom. The summed E-state index contributed by atoms with van der Waals surface area (Å²) in [4.78, 5) is 23.5. The van der Waals surface area contributed by atoms with Crippen molar-refractivity contribution in [2.75, 3.05) is 13.2 Å². The van der Waals surface area contributed by atoms with Crippen LogP contribution in [0.15, 0.2) is 30.3 Å². The summed E-state index contributed by atoms with van der Waals surface area (Å²) in [5, 5.41) is 2.68. The first-order chi connectivity index (χ1) is 9.75. The van der Waals surface area contributed by atoms with Gasteiger partial charge in [-0.25, -0.2) is 0 Å². The van der Waals surface area contributed by atoms with Crippen LogP contribution in [0.1, 0.15) is 42.5 Å². The molecule has 1 fully saturated rings. The van der Waals surface area contributed by atoms with E-state index in [1.54, 1.807) is 12.1 Å². The molecule has 1 heterocycles. The van der Waals surface area contributed by atoms with Crippen molar-refractivity contribution >= 4 is 11.7 Å². The second-order valence-corrected chi connectivity index (χ2v) is 5.09. The summed E-state index contributed by atoms with van der Waals surface area (Å²) in [5.74, 6) is -0.142. The summed E-state index contributed by atoms with van der Waals surface area (Å²) in [6.07, 6.45) is 4.71. The van der Waals surface area contributed by atoms with E-state index < -0.39 is 0 Å². The van der Waals surface area contributed by atoms with E-state index in [1.807, 2.05) is 18.2 Å². The van der Waals surface area contributed by atoms with Gasteiger partial charge in [0, 0.05) is 18.6 Å². The Hall–Kier alpha value is -1.68. The predicted molar refractivity (Wildman–Crippen MR) is 76.6 cm³/mol. The van der Waals surface area contributed by atoms with Crippen LogP contribution >= 0.6 is 0 Å². The number of carbonyl (C=O) groups excluding carboxylic acids is 2. The van der Waals surface area contributed by atoms with E-state index in [1.165, 1.54) is 6.42 Å². The fourth-order valence-electron chi connectivity index (χ4n) is 2.32. The summed E-state index contributed by atoms with van der Waals surface area (Å²) in [6, 6.07) is 9.00. The summed E-state index contributed by atoms with van der Waals surface area (Å²) >= 11 is 0. The number of hydrogen-bond donors (Lipinski definition) is 1. The lowest BCUT2D eigenvalue weighted by atomic mass is 10.0. The molecule has 0 bridgehead atoms. The van der Waals surface area contributed by atoms with Crippen molar-refractivity contribution in [2.24, 2.45) is 0 Å². The number of benzene rings is 1. The van der Waals surface area contributed by atoms with Crippen LogP contribution in [0.25, 0.3) is 0 Å². The maximum atomic E-state index is 11.8. The van der Waals surface area contributed by atoms with Crippen molar-refractivity contribution < 1.29 is 14.3 Å². The van der Waals surface area contributed by atoms with Gasteiger partial charge in [0.1, 0.15) is 0 Å². The van der Waals surface area contributed by atoms with E-state index in [4.69, 9.17) is 4.74 Å². The molecule has 1 aliphatic heterocycles. The molecule has 0 aromatic heterocycles. The van der Waals surface area contributed by atoms with Gasteiger partial charge in [0.2, 0.25) is 5.91 Å². The Morgan fingerprint density at radius 2 is 2.00 bits per heavy atom. The van der Waals surface area contributed by atoms with E-state index in [9.17, 15) is 9.59 Å². The summed E-state index contributed by atoms with van der Waals surface area (Å²) < 4.78 is 5.58. The van der Waals surface area contributed by atoms with E-state index >= 15 is 0 Å². The maximum absolute atomic E-state index is 11.8. The largest absolute Gasteiger partial charge is 0.378 e. The molecule has 20 heavy (non-hydrogen) atoms. The zero-order valence-electron chi connectivity index (χ0n) is 11.6. The standard InChI is InChI=1S/C16H21NO3/c18-15(13-6-2-1-3-7-13)12-17-16(19)10-9-14-8-4-5-11-20-14/h1-3,6-7,14H,4-5,8-12H2,(H,17,19). The van der Waals surface area contributed by atoms with Gasteiger partial charge in [-0.3, -0.25) is 9.59 Å². The highest BCUT2D eigenvalue weighted by Crippen LogP contribution is 2.16. The first-order valence-electron chi connectivity index (χ1n) is 7.22. The summed E-state index contributed by atoms with van der Waals surface area (Å²) in [7, 11) is 0. The van der Waals surface area contributed by atoms with E-state index in [0.717, 1.165) is 25.9 Å². The van der Waals surface area contributed by atoms with Gasteiger partial charge < -0.3 is 10.1 Å². The Morgan fingerprint density at radius 3 is 2.70 bits per heavy atom. The van der Waals surface area contributed by atoms with Crippen LogP contribution in [-0.2, 0) is 9.53 Å². The third-order valence-corrected chi connectivity index (χ3v) is 3.51. The molecule has 4 nitrogen and oxygen atoms in total. The zero-order chi connectivity index (χ0) is 14.2. The van der Waals surface area contributed by atoms with Crippen molar-refractivity contribution in [3.05, 3.63) is 35.9 Å². The molecular weight excluding hydrogens is 254 g/mol. The summed E-state index contributed by atoms with van der Waals surface area (Å²) in [5.41, 5.74) is 0.628. The number of nitrogens with one attached hydrogen (secondary N) is 1. The van der Waals surface area contributed by atoms with Gasteiger partial charge in [0.05, 0.1) is 12.6 Å². The van der Waals surface area contributed by atoms with Crippen LogP contribution in [-0.4, -0.2) is 30.9 Å². The van der Waals surface area contributed by atoms with Crippen molar-refractivity contribution in [3.63, 3.8) is 0 Å². The van der Waals surface area contributed by atoms with Gasteiger partial charge in [-0.05, 0) is 25.7 Å². The van der Waals surface area contributed by atoms with Gasteiger partial charge in [0.15, 0.2) is 5.78 Å². The van der Waals surface area contributed by atoms with E-state index in [-0.39, 0.29) is 24.3 Å². The minimum absolute atomic E-state index is 0.0622. The van der Waals surface area contributed by atoms with Crippen LogP contribution in [0.2, 0.25) is 0 Å². The van der Waals surface area contributed by atoms with Crippen LogP contribution < -0.4 is 5.32 Å². The molecular formula is C16H21NO3. The van der Waals surface area contributed by atoms with Crippen LogP contribution in [0.5, 0.6) is 0 Å². The van der Waals surface area contributed by atoms with Crippen LogP contribution in [0, 0.1) is 0 Å². The van der Waals surface area contributed by atoms with Crippen molar-refractivity contribution in [2.45, 2.75) is 38.2 Å². The van der Waals surface area contributed by atoms with E-state index in [2.05, 4.69) is 5.32 Å². The first-order valence-corrected chi connectivity index (χ1v) is 7.22. The van der Waals surface area contributed by atoms with Crippen LogP contribution in [0.4, 0.5) is 0 Å². The van der Waals surface area contributed by atoms with Crippen molar-refractivity contribution in [1.29, 1.82) is 0 Å². The van der Waals surface area contributed by atoms with Gasteiger partial charge >= 0.3 is 0 Å². The predicted octanol–water partition coefficient (Wildman–Crippen LogP) is 2.33.